The summed E-state index contributed by atoms with van der Waals surface area (Å²) < 4.78 is 31.0. The number of anilines is 1. The van der Waals surface area contributed by atoms with Crippen LogP contribution in [0.2, 0.25) is 0 Å². The van der Waals surface area contributed by atoms with E-state index in [9.17, 15) is 13.2 Å². The molecular formula is C17H20N2O4S2. The topological polar surface area (TPSA) is 75.7 Å². The van der Waals surface area contributed by atoms with E-state index in [1.807, 2.05) is 19.1 Å². The molecule has 0 spiro atoms. The molecule has 1 heterocycles. The minimum atomic E-state index is -3.69. The first-order valence-corrected chi connectivity index (χ1v) is 9.66. The molecule has 6 nitrogen and oxygen atoms in total. The Labute approximate surface area is 151 Å². The Morgan fingerprint density at radius 3 is 2.52 bits per heavy atom. The van der Waals surface area contributed by atoms with E-state index in [-0.39, 0.29) is 16.6 Å². The smallest absolute Gasteiger partial charge is 0.248 e. The number of rotatable bonds is 6. The number of aryl methyl sites for hydroxylation is 1. The quantitative estimate of drug-likeness (QED) is 0.782. The number of nitrogens with one attached hydrogen (secondary N) is 1. The van der Waals surface area contributed by atoms with Gasteiger partial charge in [-0.05, 0) is 43.3 Å². The molecule has 2 aromatic rings. The molecule has 1 amide bonds. The maximum Gasteiger partial charge on any atom is 0.248 e. The van der Waals surface area contributed by atoms with Crippen LogP contribution in [0.3, 0.4) is 0 Å². The molecule has 0 aliphatic rings. The Bertz CT molecular complexity index is 899. The normalized spacial score (nSPS) is 11.9. The molecule has 0 radical (unpaired) electrons. The maximum atomic E-state index is 12.4. The number of nitrogens with zero attached hydrogens (tertiary/aromatic N) is 1. The zero-order valence-electron chi connectivity index (χ0n) is 14.4. The second-order valence-electron chi connectivity index (χ2n) is 5.42. The van der Waals surface area contributed by atoms with E-state index in [2.05, 4.69) is 5.32 Å². The van der Waals surface area contributed by atoms with Gasteiger partial charge in [0, 0.05) is 35.6 Å². The number of amides is 1. The molecule has 0 atom stereocenters. The van der Waals surface area contributed by atoms with Crippen LogP contribution in [0.1, 0.15) is 9.75 Å². The summed E-state index contributed by atoms with van der Waals surface area (Å²) in [6.07, 6.45) is 3.13. The van der Waals surface area contributed by atoms with Crippen molar-refractivity contribution in [2.24, 2.45) is 0 Å². The molecular weight excluding hydrogens is 360 g/mol. The Morgan fingerprint density at radius 1 is 1.24 bits per heavy atom. The molecule has 1 aromatic carbocycles. The first-order valence-electron chi connectivity index (χ1n) is 7.40. The lowest BCUT2D eigenvalue weighted by atomic mass is 10.3. The van der Waals surface area contributed by atoms with Crippen LogP contribution < -0.4 is 10.1 Å². The average Bonchev–Trinajstić information content (AvgIpc) is 2.98. The van der Waals surface area contributed by atoms with Crippen molar-refractivity contribution in [3.8, 4) is 5.75 Å². The van der Waals surface area contributed by atoms with Crippen molar-refractivity contribution >= 4 is 39.0 Å². The van der Waals surface area contributed by atoms with Crippen molar-refractivity contribution in [2.75, 3.05) is 26.5 Å². The van der Waals surface area contributed by atoms with E-state index in [0.29, 0.717) is 5.69 Å². The van der Waals surface area contributed by atoms with Crippen LogP contribution in [0.25, 0.3) is 6.08 Å². The van der Waals surface area contributed by atoms with Crippen LogP contribution in [0.4, 0.5) is 5.69 Å². The molecule has 134 valence electrons. The Balaban J connectivity index is 2.22. The van der Waals surface area contributed by atoms with Gasteiger partial charge in [0.05, 0.1) is 7.11 Å². The standard InChI is InChI=1S/C17H20N2O4S2/c1-12-5-7-14(24-12)8-10-17(20)18-13-6-9-15(23-4)16(11-13)25(21,22)19(2)3/h5-11H,1-4H3,(H,18,20)/b10-8+. The highest BCUT2D eigenvalue weighted by atomic mass is 32.2. The Morgan fingerprint density at radius 2 is 1.96 bits per heavy atom. The highest BCUT2D eigenvalue weighted by Gasteiger charge is 2.22. The number of carbonyl (C=O) groups is 1. The molecule has 0 saturated heterocycles. The van der Waals surface area contributed by atoms with Crippen LogP contribution >= 0.6 is 11.3 Å². The molecule has 0 bridgehead atoms. The highest BCUT2D eigenvalue weighted by molar-refractivity contribution is 7.89. The van der Waals surface area contributed by atoms with Gasteiger partial charge in [0.2, 0.25) is 15.9 Å². The van der Waals surface area contributed by atoms with Crippen molar-refractivity contribution in [2.45, 2.75) is 11.8 Å². The minimum Gasteiger partial charge on any atom is -0.495 e. The first kappa shape index (κ1) is 19.2. The van der Waals surface area contributed by atoms with Crippen molar-refractivity contribution in [3.05, 3.63) is 46.2 Å². The van der Waals surface area contributed by atoms with Crippen LogP contribution in [-0.2, 0) is 14.8 Å². The molecule has 2 rings (SSSR count). The fourth-order valence-corrected chi connectivity index (χ4v) is 3.89. The molecule has 25 heavy (non-hydrogen) atoms. The summed E-state index contributed by atoms with van der Waals surface area (Å²) in [4.78, 5) is 14.2. The Kier molecular flexibility index (Phi) is 5.99. The lowest BCUT2D eigenvalue weighted by Gasteiger charge is -2.15. The summed E-state index contributed by atoms with van der Waals surface area (Å²) in [5, 5.41) is 2.66. The van der Waals surface area contributed by atoms with Gasteiger partial charge in [-0.15, -0.1) is 11.3 Å². The van der Waals surface area contributed by atoms with Crippen molar-refractivity contribution in [1.29, 1.82) is 0 Å². The van der Waals surface area contributed by atoms with Gasteiger partial charge in [-0.1, -0.05) is 0 Å². The third-order valence-electron chi connectivity index (χ3n) is 3.35. The van der Waals surface area contributed by atoms with E-state index in [0.717, 1.165) is 14.1 Å². The van der Waals surface area contributed by atoms with Gasteiger partial charge in [0.25, 0.3) is 0 Å². The highest BCUT2D eigenvalue weighted by Crippen LogP contribution is 2.28. The molecule has 0 aliphatic heterocycles. The van der Waals surface area contributed by atoms with E-state index in [4.69, 9.17) is 4.74 Å². The second kappa shape index (κ2) is 7.81. The number of thiophene rings is 1. The lowest BCUT2D eigenvalue weighted by molar-refractivity contribution is -0.111. The fraction of sp³-hybridized carbons (Fsp3) is 0.235. The summed E-state index contributed by atoms with van der Waals surface area (Å²) in [5.74, 6) is -0.124. The van der Waals surface area contributed by atoms with E-state index < -0.39 is 10.0 Å². The van der Waals surface area contributed by atoms with Crippen molar-refractivity contribution in [3.63, 3.8) is 0 Å². The summed E-state index contributed by atoms with van der Waals surface area (Å²) in [6, 6.07) is 8.39. The first-order chi connectivity index (χ1) is 11.7. The number of benzene rings is 1. The molecule has 0 saturated carbocycles. The monoisotopic (exact) mass is 380 g/mol. The molecule has 8 heteroatoms. The predicted molar refractivity (Wildman–Crippen MR) is 101 cm³/mol. The van der Waals surface area contributed by atoms with Gasteiger partial charge >= 0.3 is 0 Å². The van der Waals surface area contributed by atoms with Crippen molar-refractivity contribution in [1.82, 2.24) is 4.31 Å². The van der Waals surface area contributed by atoms with Crippen LogP contribution in [0, 0.1) is 6.92 Å². The number of hydrogen-bond donors (Lipinski definition) is 1. The second-order valence-corrected chi connectivity index (χ2v) is 8.86. The van der Waals surface area contributed by atoms with Gasteiger partial charge in [0.1, 0.15) is 10.6 Å². The third-order valence-corrected chi connectivity index (χ3v) is 6.15. The van der Waals surface area contributed by atoms with Crippen LogP contribution in [-0.4, -0.2) is 39.8 Å². The van der Waals surface area contributed by atoms with Gasteiger partial charge < -0.3 is 10.1 Å². The van der Waals surface area contributed by atoms with Crippen molar-refractivity contribution < 1.29 is 17.9 Å². The number of hydrogen-bond acceptors (Lipinski definition) is 5. The maximum absolute atomic E-state index is 12.4. The molecule has 0 aliphatic carbocycles. The predicted octanol–water partition coefficient (Wildman–Crippen LogP) is 2.97. The summed E-state index contributed by atoms with van der Waals surface area (Å²) in [6.45, 7) is 1.99. The molecule has 0 unspecified atom stereocenters. The molecule has 1 aromatic heterocycles. The Hall–Kier alpha value is -2.16. The van der Waals surface area contributed by atoms with Crippen LogP contribution in [0.15, 0.2) is 41.3 Å². The fourth-order valence-electron chi connectivity index (χ4n) is 2.04. The average molecular weight is 380 g/mol. The minimum absolute atomic E-state index is 0.00402. The number of sulfonamides is 1. The van der Waals surface area contributed by atoms with E-state index in [1.165, 1.54) is 39.4 Å². The molecule has 1 N–H and O–H groups in total. The van der Waals surface area contributed by atoms with E-state index >= 15 is 0 Å². The van der Waals surface area contributed by atoms with E-state index in [1.54, 1.807) is 23.5 Å². The number of ether oxygens (including phenoxy) is 1. The summed E-state index contributed by atoms with van der Waals surface area (Å²) in [7, 11) is 0.580. The zero-order chi connectivity index (χ0) is 18.6. The lowest BCUT2D eigenvalue weighted by Crippen LogP contribution is -2.23. The summed E-state index contributed by atoms with van der Waals surface area (Å²) >= 11 is 1.58. The number of carbonyl (C=O) groups excluding carboxylic acids is 1. The van der Waals surface area contributed by atoms with Gasteiger partial charge in [0.15, 0.2) is 0 Å². The summed E-state index contributed by atoms with van der Waals surface area (Å²) in [5.41, 5.74) is 0.373. The third kappa shape index (κ3) is 4.68. The largest absolute Gasteiger partial charge is 0.495 e. The van der Waals surface area contributed by atoms with Gasteiger partial charge in [-0.2, -0.15) is 0 Å². The van der Waals surface area contributed by atoms with Crippen LogP contribution in [0.5, 0.6) is 5.75 Å². The van der Waals surface area contributed by atoms with Gasteiger partial charge in [-0.25, -0.2) is 12.7 Å². The molecule has 0 fully saturated rings. The zero-order valence-corrected chi connectivity index (χ0v) is 16.1. The number of methoxy groups -OCH3 is 1. The van der Waals surface area contributed by atoms with Gasteiger partial charge in [-0.3, -0.25) is 4.79 Å². The SMILES string of the molecule is COc1ccc(NC(=O)/C=C/c2ccc(C)s2)cc1S(=O)(=O)N(C)C.